The highest BCUT2D eigenvalue weighted by atomic mass is 35.5. The largest absolute Gasteiger partial charge is 0.497 e. The molecule has 0 radical (unpaired) electrons. The maximum Gasteiger partial charge on any atom is 0.255 e. The maximum atomic E-state index is 12.8. The van der Waals surface area contributed by atoms with Gasteiger partial charge >= 0.3 is 0 Å². The first-order chi connectivity index (χ1) is 12.0. The Morgan fingerprint density at radius 2 is 1.92 bits per heavy atom. The molecule has 0 fully saturated rings. The Kier molecular flexibility index (Phi) is 4.63. The van der Waals surface area contributed by atoms with E-state index in [-0.39, 0.29) is 16.9 Å². The van der Waals surface area contributed by atoms with Gasteiger partial charge in [0.2, 0.25) is 11.2 Å². The minimum absolute atomic E-state index is 0.0984. The monoisotopic (exact) mass is 359 g/mol. The standard InChI is InChI=1S/C18H14ClNO5/c1-23-12-5-2-10(3-6-12)17-18(24-9-15(20)21)16(22)13-8-11(19)4-7-14(13)25-17/h2-8H,9H2,1H3,(H2,20,21). The van der Waals surface area contributed by atoms with Crippen LogP contribution in [-0.2, 0) is 4.79 Å². The number of fused-ring (bicyclic) bond motifs is 1. The van der Waals surface area contributed by atoms with Crippen LogP contribution in [0.5, 0.6) is 11.5 Å². The minimum Gasteiger partial charge on any atom is -0.497 e. The Balaban J connectivity index is 2.23. The molecule has 0 atom stereocenters. The molecular weight excluding hydrogens is 346 g/mol. The molecule has 0 aliphatic heterocycles. The molecule has 0 unspecified atom stereocenters. The first-order valence-corrected chi connectivity index (χ1v) is 7.69. The Hall–Kier alpha value is -2.99. The molecule has 0 spiro atoms. The molecule has 0 aliphatic carbocycles. The molecule has 2 aromatic carbocycles. The molecule has 1 aromatic heterocycles. The number of amides is 1. The average Bonchev–Trinajstić information content (AvgIpc) is 2.61. The van der Waals surface area contributed by atoms with Gasteiger partial charge in [-0.3, -0.25) is 9.59 Å². The summed E-state index contributed by atoms with van der Waals surface area (Å²) < 4.78 is 16.3. The summed E-state index contributed by atoms with van der Waals surface area (Å²) in [5.74, 6) is 0.0482. The van der Waals surface area contributed by atoms with Crippen LogP contribution >= 0.6 is 11.6 Å². The highest BCUT2D eigenvalue weighted by Gasteiger charge is 2.18. The van der Waals surface area contributed by atoms with Gasteiger partial charge in [-0.25, -0.2) is 0 Å². The summed E-state index contributed by atoms with van der Waals surface area (Å²) >= 11 is 5.95. The number of nitrogens with two attached hydrogens (primary N) is 1. The Bertz CT molecular complexity index is 995. The molecule has 0 bridgehead atoms. The van der Waals surface area contributed by atoms with E-state index in [0.717, 1.165) is 0 Å². The number of hydrogen-bond acceptors (Lipinski definition) is 5. The lowest BCUT2D eigenvalue weighted by Gasteiger charge is -2.11. The number of carbonyl (C=O) groups excluding carboxylic acids is 1. The summed E-state index contributed by atoms with van der Waals surface area (Å²) in [6.07, 6.45) is 0. The number of ether oxygens (including phenoxy) is 2. The SMILES string of the molecule is COc1ccc(-c2oc3ccc(Cl)cc3c(=O)c2OCC(N)=O)cc1. The van der Waals surface area contributed by atoms with Crippen molar-refractivity contribution < 1.29 is 18.7 Å². The summed E-state index contributed by atoms with van der Waals surface area (Å²) in [7, 11) is 1.55. The zero-order chi connectivity index (χ0) is 18.0. The number of rotatable bonds is 5. The fourth-order valence-electron chi connectivity index (χ4n) is 2.36. The second-order valence-corrected chi connectivity index (χ2v) is 5.65. The predicted octanol–water partition coefficient (Wildman–Crippen LogP) is 2.99. The molecule has 0 aliphatic rings. The van der Waals surface area contributed by atoms with E-state index in [1.54, 1.807) is 43.5 Å². The molecule has 0 saturated carbocycles. The second-order valence-electron chi connectivity index (χ2n) is 5.21. The van der Waals surface area contributed by atoms with Crippen molar-refractivity contribution >= 4 is 28.5 Å². The van der Waals surface area contributed by atoms with Gasteiger partial charge < -0.3 is 19.6 Å². The van der Waals surface area contributed by atoms with Gasteiger partial charge in [-0.2, -0.15) is 0 Å². The lowest BCUT2D eigenvalue weighted by Crippen LogP contribution is -2.22. The molecular formula is C18H14ClNO5. The fraction of sp³-hybridized carbons (Fsp3) is 0.111. The molecule has 128 valence electrons. The van der Waals surface area contributed by atoms with E-state index < -0.39 is 17.9 Å². The number of hydrogen-bond donors (Lipinski definition) is 1. The first kappa shape index (κ1) is 16.9. The highest BCUT2D eigenvalue weighted by Crippen LogP contribution is 2.32. The number of primary amides is 1. The van der Waals surface area contributed by atoms with E-state index >= 15 is 0 Å². The second kappa shape index (κ2) is 6.86. The number of carbonyl (C=O) groups is 1. The van der Waals surface area contributed by atoms with Crippen LogP contribution < -0.4 is 20.6 Å². The van der Waals surface area contributed by atoms with Gasteiger partial charge in [0.1, 0.15) is 11.3 Å². The summed E-state index contributed by atoms with van der Waals surface area (Å²) in [5, 5.41) is 0.641. The number of benzene rings is 2. The van der Waals surface area contributed by atoms with Gasteiger partial charge in [-0.15, -0.1) is 0 Å². The predicted molar refractivity (Wildman–Crippen MR) is 94.2 cm³/mol. The van der Waals surface area contributed by atoms with Crippen molar-refractivity contribution in [3.05, 3.63) is 57.7 Å². The molecule has 25 heavy (non-hydrogen) atoms. The van der Waals surface area contributed by atoms with Gasteiger partial charge in [-0.05, 0) is 42.5 Å². The molecule has 0 saturated heterocycles. The van der Waals surface area contributed by atoms with Crippen molar-refractivity contribution in [3.8, 4) is 22.8 Å². The lowest BCUT2D eigenvalue weighted by atomic mass is 10.1. The minimum atomic E-state index is -0.703. The maximum absolute atomic E-state index is 12.8. The van der Waals surface area contributed by atoms with Crippen LogP contribution in [-0.4, -0.2) is 19.6 Å². The Morgan fingerprint density at radius 3 is 2.56 bits per heavy atom. The van der Waals surface area contributed by atoms with Crippen molar-refractivity contribution in [2.24, 2.45) is 5.73 Å². The van der Waals surface area contributed by atoms with Gasteiger partial charge in [-0.1, -0.05) is 11.6 Å². The Morgan fingerprint density at radius 1 is 1.20 bits per heavy atom. The smallest absolute Gasteiger partial charge is 0.255 e. The zero-order valence-corrected chi connectivity index (χ0v) is 14.0. The van der Waals surface area contributed by atoms with E-state index in [9.17, 15) is 9.59 Å². The number of halogens is 1. The summed E-state index contributed by atoms with van der Waals surface area (Å²) in [6, 6.07) is 11.6. The molecule has 1 heterocycles. The molecule has 3 aromatic rings. The van der Waals surface area contributed by atoms with Crippen LogP contribution in [0, 0.1) is 0 Å². The summed E-state index contributed by atoms with van der Waals surface area (Å²) in [4.78, 5) is 23.8. The van der Waals surface area contributed by atoms with Crippen molar-refractivity contribution in [1.82, 2.24) is 0 Å². The van der Waals surface area contributed by atoms with Gasteiger partial charge in [0.05, 0.1) is 12.5 Å². The van der Waals surface area contributed by atoms with Crippen LogP contribution in [0.1, 0.15) is 0 Å². The third kappa shape index (κ3) is 3.44. The van der Waals surface area contributed by atoms with E-state index in [4.69, 9.17) is 31.2 Å². The fourth-order valence-corrected chi connectivity index (χ4v) is 2.53. The molecule has 3 rings (SSSR count). The van der Waals surface area contributed by atoms with Gasteiger partial charge in [0.25, 0.3) is 5.91 Å². The topological polar surface area (TPSA) is 91.8 Å². The molecule has 1 amide bonds. The molecule has 2 N–H and O–H groups in total. The van der Waals surface area contributed by atoms with E-state index in [2.05, 4.69) is 0 Å². The Labute approximate surface area is 147 Å². The van der Waals surface area contributed by atoms with E-state index in [1.165, 1.54) is 6.07 Å². The van der Waals surface area contributed by atoms with Crippen LogP contribution in [0.3, 0.4) is 0 Å². The summed E-state index contributed by atoms with van der Waals surface area (Å²) in [5.41, 5.74) is 5.63. The third-order valence-electron chi connectivity index (χ3n) is 3.52. The molecule has 7 heteroatoms. The van der Waals surface area contributed by atoms with Crippen molar-refractivity contribution in [3.63, 3.8) is 0 Å². The zero-order valence-electron chi connectivity index (χ0n) is 13.2. The highest BCUT2D eigenvalue weighted by molar-refractivity contribution is 6.31. The van der Waals surface area contributed by atoms with E-state index in [1.807, 2.05) is 0 Å². The van der Waals surface area contributed by atoms with Crippen molar-refractivity contribution in [2.45, 2.75) is 0 Å². The summed E-state index contributed by atoms with van der Waals surface area (Å²) in [6.45, 7) is -0.444. The number of methoxy groups -OCH3 is 1. The van der Waals surface area contributed by atoms with Crippen molar-refractivity contribution in [1.29, 1.82) is 0 Å². The quantitative estimate of drug-likeness (QED) is 0.756. The first-order valence-electron chi connectivity index (χ1n) is 7.31. The normalized spacial score (nSPS) is 10.6. The van der Waals surface area contributed by atoms with Crippen LogP contribution in [0.25, 0.3) is 22.3 Å². The van der Waals surface area contributed by atoms with Crippen LogP contribution in [0.15, 0.2) is 51.7 Å². The molecule has 6 nitrogen and oxygen atoms in total. The van der Waals surface area contributed by atoms with Crippen LogP contribution in [0.2, 0.25) is 5.02 Å². The van der Waals surface area contributed by atoms with Gasteiger partial charge in [0, 0.05) is 10.6 Å². The van der Waals surface area contributed by atoms with Crippen LogP contribution in [0.4, 0.5) is 0 Å². The van der Waals surface area contributed by atoms with E-state index in [0.29, 0.717) is 21.9 Å². The van der Waals surface area contributed by atoms with Crippen molar-refractivity contribution in [2.75, 3.05) is 13.7 Å². The lowest BCUT2D eigenvalue weighted by molar-refractivity contribution is -0.119. The van der Waals surface area contributed by atoms with Gasteiger partial charge in [0.15, 0.2) is 12.4 Å². The average molecular weight is 360 g/mol. The third-order valence-corrected chi connectivity index (χ3v) is 3.76.